The van der Waals surface area contributed by atoms with Gasteiger partial charge in [0, 0.05) is 11.4 Å². The Balaban J connectivity index is 1.76. The van der Waals surface area contributed by atoms with Gasteiger partial charge in [0.2, 0.25) is 0 Å². The van der Waals surface area contributed by atoms with Crippen LogP contribution < -0.4 is 10.0 Å². The second kappa shape index (κ2) is 8.00. The predicted molar refractivity (Wildman–Crippen MR) is 108 cm³/mol. The fourth-order valence-electron chi connectivity index (χ4n) is 2.46. The van der Waals surface area contributed by atoms with E-state index in [1.54, 1.807) is 37.3 Å². The average molecular weight is 419 g/mol. The predicted octanol–water partition coefficient (Wildman–Crippen LogP) is 4.84. The molecule has 3 rings (SSSR count). The molecule has 3 aromatic rings. The first-order valence-electron chi connectivity index (χ1n) is 8.21. The lowest BCUT2D eigenvalue weighted by molar-refractivity contribution is 0.102. The maximum absolute atomic E-state index is 13.7. The molecule has 1 amide bonds. The molecule has 144 valence electrons. The van der Waals surface area contributed by atoms with Gasteiger partial charge in [-0.3, -0.25) is 9.52 Å². The van der Waals surface area contributed by atoms with Crippen molar-refractivity contribution in [3.63, 3.8) is 0 Å². The highest BCUT2D eigenvalue weighted by Crippen LogP contribution is 2.23. The average Bonchev–Trinajstić information content (AvgIpc) is 2.65. The summed E-state index contributed by atoms with van der Waals surface area (Å²) >= 11 is 6.01. The molecule has 0 saturated heterocycles. The number of aryl methyl sites for hydroxylation is 1. The molecule has 2 N–H and O–H groups in total. The summed E-state index contributed by atoms with van der Waals surface area (Å²) in [6, 6.07) is 16.5. The lowest BCUT2D eigenvalue weighted by atomic mass is 10.1. The summed E-state index contributed by atoms with van der Waals surface area (Å²) in [7, 11) is -3.76. The number of hydrogen-bond donors (Lipinski definition) is 2. The number of hydrogen-bond acceptors (Lipinski definition) is 3. The van der Waals surface area contributed by atoms with Gasteiger partial charge in [-0.1, -0.05) is 29.8 Å². The third-order valence-electron chi connectivity index (χ3n) is 3.94. The van der Waals surface area contributed by atoms with E-state index in [2.05, 4.69) is 10.0 Å². The topological polar surface area (TPSA) is 75.3 Å². The van der Waals surface area contributed by atoms with E-state index in [-0.39, 0.29) is 15.5 Å². The number of sulfonamides is 1. The third kappa shape index (κ3) is 4.49. The van der Waals surface area contributed by atoms with Crippen LogP contribution >= 0.6 is 11.6 Å². The van der Waals surface area contributed by atoms with E-state index in [9.17, 15) is 17.6 Å². The number of para-hydroxylation sites is 1. The lowest BCUT2D eigenvalue weighted by Crippen LogP contribution is -2.14. The van der Waals surface area contributed by atoms with Gasteiger partial charge in [-0.05, 0) is 61.0 Å². The zero-order chi connectivity index (χ0) is 20.3. The van der Waals surface area contributed by atoms with Crippen LogP contribution in [0.15, 0.2) is 71.6 Å². The van der Waals surface area contributed by atoms with E-state index in [1.165, 1.54) is 30.3 Å². The number of carbonyl (C=O) groups excluding carboxylic acids is 1. The maximum atomic E-state index is 13.7. The first-order chi connectivity index (χ1) is 13.3. The van der Waals surface area contributed by atoms with E-state index in [0.717, 1.165) is 6.07 Å². The Morgan fingerprint density at radius 1 is 0.964 bits per heavy atom. The van der Waals surface area contributed by atoms with Gasteiger partial charge < -0.3 is 5.32 Å². The van der Waals surface area contributed by atoms with Gasteiger partial charge >= 0.3 is 0 Å². The molecule has 3 aromatic carbocycles. The monoisotopic (exact) mass is 418 g/mol. The van der Waals surface area contributed by atoms with Gasteiger partial charge in [-0.25, -0.2) is 12.8 Å². The van der Waals surface area contributed by atoms with Gasteiger partial charge in [0.15, 0.2) is 0 Å². The summed E-state index contributed by atoms with van der Waals surface area (Å²) in [6.07, 6.45) is 0. The molecule has 0 spiro atoms. The SMILES string of the molecule is Cc1cc(Cl)c(C(=O)Nc2ccc(S(=O)(=O)Nc3ccccc3)cc2)cc1F. The molecule has 8 heteroatoms. The molecule has 0 saturated carbocycles. The Bertz CT molecular complexity index is 1120. The van der Waals surface area contributed by atoms with Crippen LogP contribution in [0.2, 0.25) is 5.02 Å². The van der Waals surface area contributed by atoms with Gasteiger partial charge in [0.1, 0.15) is 5.82 Å². The molecule has 0 aliphatic rings. The van der Waals surface area contributed by atoms with Crippen molar-refractivity contribution in [3.05, 3.63) is 88.7 Å². The quantitative estimate of drug-likeness (QED) is 0.622. The summed E-state index contributed by atoms with van der Waals surface area (Å²) in [4.78, 5) is 12.4. The number of amides is 1. The van der Waals surface area contributed by atoms with Crippen LogP contribution in [-0.4, -0.2) is 14.3 Å². The van der Waals surface area contributed by atoms with Crippen molar-refractivity contribution >= 4 is 38.9 Å². The number of rotatable bonds is 5. The third-order valence-corrected chi connectivity index (χ3v) is 5.65. The van der Waals surface area contributed by atoms with E-state index in [4.69, 9.17) is 11.6 Å². The first kappa shape index (κ1) is 19.9. The largest absolute Gasteiger partial charge is 0.322 e. The van der Waals surface area contributed by atoms with Crippen LogP contribution in [0.4, 0.5) is 15.8 Å². The molecule has 0 atom stereocenters. The number of nitrogens with one attached hydrogen (secondary N) is 2. The van der Waals surface area contributed by atoms with Crippen molar-refractivity contribution in [3.8, 4) is 0 Å². The first-order valence-corrected chi connectivity index (χ1v) is 10.1. The minimum atomic E-state index is -3.76. The molecule has 0 heterocycles. The van der Waals surface area contributed by atoms with Crippen LogP contribution in [0.5, 0.6) is 0 Å². The molecule has 0 aliphatic heterocycles. The Morgan fingerprint density at radius 2 is 1.61 bits per heavy atom. The normalized spacial score (nSPS) is 11.1. The summed E-state index contributed by atoms with van der Waals surface area (Å²) in [5, 5.41) is 2.70. The maximum Gasteiger partial charge on any atom is 0.261 e. The van der Waals surface area contributed by atoms with E-state index in [0.29, 0.717) is 16.9 Å². The summed E-state index contributed by atoms with van der Waals surface area (Å²) < 4.78 is 41.0. The van der Waals surface area contributed by atoms with Crippen molar-refractivity contribution in [2.45, 2.75) is 11.8 Å². The highest BCUT2D eigenvalue weighted by atomic mass is 35.5. The van der Waals surface area contributed by atoms with Crippen molar-refractivity contribution in [1.29, 1.82) is 0 Å². The Morgan fingerprint density at radius 3 is 2.25 bits per heavy atom. The number of halogens is 2. The molecule has 28 heavy (non-hydrogen) atoms. The molecular formula is C20H16ClFN2O3S. The fraction of sp³-hybridized carbons (Fsp3) is 0.0500. The number of benzene rings is 3. The van der Waals surface area contributed by atoms with Crippen molar-refractivity contribution < 1.29 is 17.6 Å². The van der Waals surface area contributed by atoms with Crippen LogP contribution in [-0.2, 0) is 10.0 Å². The van der Waals surface area contributed by atoms with Gasteiger partial charge in [-0.15, -0.1) is 0 Å². The van der Waals surface area contributed by atoms with Crippen LogP contribution in [0.1, 0.15) is 15.9 Å². The smallest absolute Gasteiger partial charge is 0.261 e. The van der Waals surface area contributed by atoms with Gasteiger partial charge in [0.25, 0.3) is 15.9 Å². The molecule has 0 radical (unpaired) electrons. The van der Waals surface area contributed by atoms with Gasteiger partial charge in [-0.2, -0.15) is 0 Å². The summed E-state index contributed by atoms with van der Waals surface area (Å²) in [5.74, 6) is -1.13. The second-order valence-electron chi connectivity index (χ2n) is 6.03. The Hall–Kier alpha value is -2.90. The van der Waals surface area contributed by atoms with E-state index in [1.807, 2.05) is 0 Å². The molecular weight excluding hydrogens is 403 g/mol. The zero-order valence-electron chi connectivity index (χ0n) is 14.7. The van der Waals surface area contributed by atoms with Crippen molar-refractivity contribution in [2.24, 2.45) is 0 Å². The highest BCUT2D eigenvalue weighted by molar-refractivity contribution is 7.92. The lowest BCUT2D eigenvalue weighted by Gasteiger charge is -2.10. The Kier molecular flexibility index (Phi) is 5.67. The standard InChI is InChI=1S/C20H16ClFN2O3S/c1-13-11-18(21)17(12-19(13)22)20(25)23-14-7-9-16(10-8-14)28(26,27)24-15-5-3-2-4-6-15/h2-12,24H,1H3,(H,23,25). The molecule has 0 unspecified atom stereocenters. The fourth-order valence-corrected chi connectivity index (χ4v) is 3.82. The summed E-state index contributed by atoms with van der Waals surface area (Å²) in [5.41, 5.74) is 1.12. The second-order valence-corrected chi connectivity index (χ2v) is 8.12. The number of carbonyl (C=O) groups is 1. The zero-order valence-corrected chi connectivity index (χ0v) is 16.3. The van der Waals surface area contributed by atoms with E-state index >= 15 is 0 Å². The minimum absolute atomic E-state index is 0.00721. The van der Waals surface area contributed by atoms with Gasteiger partial charge in [0.05, 0.1) is 15.5 Å². The minimum Gasteiger partial charge on any atom is -0.322 e. The van der Waals surface area contributed by atoms with Crippen LogP contribution in [0.25, 0.3) is 0 Å². The molecule has 0 aromatic heterocycles. The van der Waals surface area contributed by atoms with Crippen molar-refractivity contribution in [1.82, 2.24) is 0 Å². The molecule has 0 bridgehead atoms. The van der Waals surface area contributed by atoms with Crippen LogP contribution in [0, 0.1) is 12.7 Å². The van der Waals surface area contributed by atoms with Crippen LogP contribution in [0.3, 0.4) is 0 Å². The molecule has 0 aliphatic carbocycles. The van der Waals surface area contributed by atoms with Crippen molar-refractivity contribution in [2.75, 3.05) is 10.0 Å². The van der Waals surface area contributed by atoms with E-state index < -0.39 is 21.7 Å². The Labute approximate surface area is 167 Å². The highest BCUT2D eigenvalue weighted by Gasteiger charge is 2.16. The molecule has 5 nitrogen and oxygen atoms in total. The summed E-state index contributed by atoms with van der Waals surface area (Å²) in [6.45, 7) is 1.55. The number of anilines is 2. The molecule has 0 fully saturated rings.